The first-order valence-electron chi connectivity index (χ1n) is 6.03. The van der Waals surface area contributed by atoms with Gasteiger partial charge in [0.25, 0.3) is 0 Å². The van der Waals surface area contributed by atoms with Crippen molar-refractivity contribution in [1.29, 1.82) is 0 Å². The number of hydrogen-bond acceptors (Lipinski definition) is 3. The molecule has 1 N–H and O–H groups in total. The van der Waals surface area contributed by atoms with E-state index in [0.29, 0.717) is 12.5 Å². The highest BCUT2D eigenvalue weighted by Crippen LogP contribution is 2.20. The number of methoxy groups -OCH3 is 1. The van der Waals surface area contributed by atoms with Crippen LogP contribution in [0, 0.1) is 11.8 Å². The SMILES string of the molecule is COc1cccc(OCC(CO)CC(C)C)c1. The number of aliphatic hydroxyl groups excluding tert-OH is 1. The molecule has 0 bridgehead atoms. The van der Waals surface area contributed by atoms with E-state index in [0.717, 1.165) is 17.9 Å². The molecule has 17 heavy (non-hydrogen) atoms. The minimum absolute atomic E-state index is 0.169. The van der Waals surface area contributed by atoms with E-state index in [-0.39, 0.29) is 12.5 Å². The molecule has 1 unspecified atom stereocenters. The fourth-order valence-corrected chi connectivity index (χ4v) is 1.77. The summed E-state index contributed by atoms with van der Waals surface area (Å²) in [6, 6.07) is 7.52. The van der Waals surface area contributed by atoms with Gasteiger partial charge < -0.3 is 14.6 Å². The molecular formula is C14H22O3. The van der Waals surface area contributed by atoms with Gasteiger partial charge in [-0.25, -0.2) is 0 Å². The van der Waals surface area contributed by atoms with Gasteiger partial charge in [0.1, 0.15) is 11.5 Å². The summed E-state index contributed by atoms with van der Waals surface area (Å²) in [5.74, 6) is 2.33. The maximum absolute atomic E-state index is 9.25. The molecule has 1 rings (SSSR count). The van der Waals surface area contributed by atoms with E-state index >= 15 is 0 Å². The average molecular weight is 238 g/mol. The monoisotopic (exact) mass is 238 g/mol. The Bertz CT molecular complexity index is 323. The van der Waals surface area contributed by atoms with Gasteiger partial charge in [-0.05, 0) is 24.5 Å². The lowest BCUT2D eigenvalue weighted by Crippen LogP contribution is -2.18. The van der Waals surface area contributed by atoms with Gasteiger partial charge in [0, 0.05) is 18.6 Å². The second-order valence-corrected chi connectivity index (χ2v) is 4.67. The number of benzene rings is 1. The Labute approximate surface area is 103 Å². The predicted molar refractivity (Wildman–Crippen MR) is 68.5 cm³/mol. The Hall–Kier alpha value is -1.22. The normalized spacial score (nSPS) is 12.5. The van der Waals surface area contributed by atoms with E-state index in [1.54, 1.807) is 7.11 Å². The Morgan fingerprint density at radius 2 is 1.94 bits per heavy atom. The molecule has 0 amide bonds. The summed E-state index contributed by atoms with van der Waals surface area (Å²) >= 11 is 0. The van der Waals surface area contributed by atoms with Crippen LogP contribution in [0.3, 0.4) is 0 Å². The summed E-state index contributed by atoms with van der Waals surface area (Å²) < 4.78 is 10.8. The van der Waals surface area contributed by atoms with Gasteiger partial charge in [0.2, 0.25) is 0 Å². The highest BCUT2D eigenvalue weighted by atomic mass is 16.5. The van der Waals surface area contributed by atoms with Crippen molar-refractivity contribution in [3.05, 3.63) is 24.3 Å². The van der Waals surface area contributed by atoms with E-state index in [4.69, 9.17) is 9.47 Å². The van der Waals surface area contributed by atoms with Gasteiger partial charge in [-0.3, -0.25) is 0 Å². The average Bonchev–Trinajstić information content (AvgIpc) is 2.34. The maximum atomic E-state index is 9.25. The molecule has 0 aliphatic rings. The smallest absolute Gasteiger partial charge is 0.122 e. The lowest BCUT2D eigenvalue weighted by Gasteiger charge is -2.17. The van der Waals surface area contributed by atoms with Crippen LogP contribution in [0.2, 0.25) is 0 Å². The second-order valence-electron chi connectivity index (χ2n) is 4.67. The molecule has 1 aromatic rings. The van der Waals surface area contributed by atoms with Crippen molar-refractivity contribution in [2.24, 2.45) is 11.8 Å². The Morgan fingerprint density at radius 1 is 1.24 bits per heavy atom. The molecule has 0 saturated carbocycles. The third kappa shape index (κ3) is 5.09. The molecule has 0 heterocycles. The van der Waals surface area contributed by atoms with Crippen molar-refractivity contribution in [2.45, 2.75) is 20.3 Å². The van der Waals surface area contributed by atoms with E-state index in [9.17, 15) is 5.11 Å². The number of hydrogen-bond donors (Lipinski definition) is 1. The molecule has 0 saturated heterocycles. The van der Waals surface area contributed by atoms with Crippen LogP contribution in [0.1, 0.15) is 20.3 Å². The largest absolute Gasteiger partial charge is 0.497 e. The molecule has 96 valence electrons. The first-order chi connectivity index (χ1) is 8.15. The second kappa shape index (κ2) is 7.17. The number of rotatable bonds is 7. The van der Waals surface area contributed by atoms with Crippen LogP contribution < -0.4 is 9.47 Å². The fraction of sp³-hybridized carbons (Fsp3) is 0.571. The molecule has 3 heteroatoms. The van der Waals surface area contributed by atoms with Crippen molar-refractivity contribution >= 4 is 0 Å². The summed E-state index contributed by atoms with van der Waals surface area (Å²) in [5.41, 5.74) is 0. The van der Waals surface area contributed by atoms with Gasteiger partial charge in [0.15, 0.2) is 0 Å². The molecule has 3 nitrogen and oxygen atoms in total. The summed E-state index contributed by atoms with van der Waals surface area (Å²) in [7, 11) is 1.63. The minimum Gasteiger partial charge on any atom is -0.497 e. The predicted octanol–water partition coefficient (Wildman–Crippen LogP) is 2.73. The summed E-state index contributed by atoms with van der Waals surface area (Å²) in [5, 5.41) is 9.25. The van der Waals surface area contributed by atoms with E-state index in [1.165, 1.54) is 0 Å². The zero-order valence-electron chi connectivity index (χ0n) is 10.8. The van der Waals surface area contributed by atoms with Crippen LogP contribution in [-0.2, 0) is 0 Å². The van der Waals surface area contributed by atoms with Gasteiger partial charge in [0.05, 0.1) is 13.7 Å². The standard InChI is InChI=1S/C14H22O3/c1-11(2)7-12(9-15)10-17-14-6-4-5-13(8-14)16-3/h4-6,8,11-12,15H,7,9-10H2,1-3H3. The van der Waals surface area contributed by atoms with E-state index in [1.807, 2.05) is 24.3 Å². The van der Waals surface area contributed by atoms with E-state index < -0.39 is 0 Å². The molecule has 0 aliphatic carbocycles. The molecule has 0 radical (unpaired) electrons. The molecule has 0 spiro atoms. The third-order valence-corrected chi connectivity index (χ3v) is 2.59. The van der Waals surface area contributed by atoms with Crippen molar-refractivity contribution in [1.82, 2.24) is 0 Å². The quantitative estimate of drug-likeness (QED) is 0.793. The Morgan fingerprint density at radius 3 is 2.53 bits per heavy atom. The topological polar surface area (TPSA) is 38.7 Å². The fourth-order valence-electron chi connectivity index (χ4n) is 1.77. The van der Waals surface area contributed by atoms with Crippen LogP contribution in [0.15, 0.2) is 24.3 Å². The van der Waals surface area contributed by atoms with Gasteiger partial charge in [-0.15, -0.1) is 0 Å². The maximum Gasteiger partial charge on any atom is 0.122 e. The lowest BCUT2D eigenvalue weighted by molar-refractivity contribution is 0.145. The number of aliphatic hydroxyl groups is 1. The lowest BCUT2D eigenvalue weighted by atomic mass is 9.99. The highest BCUT2D eigenvalue weighted by Gasteiger charge is 2.10. The molecule has 1 aromatic carbocycles. The number of ether oxygens (including phenoxy) is 2. The van der Waals surface area contributed by atoms with Gasteiger partial charge in [-0.2, -0.15) is 0 Å². The minimum atomic E-state index is 0.169. The van der Waals surface area contributed by atoms with Crippen molar-refractivity contribution in [2.75, 3.05) is 20.3 Å². The van der Waals surface area contributed by atoms with Crippen molar-refractivity contribution in [3.63, 3.8) is 0 Å². The molecule has 0 fully saturated rings. The Balaban J connectivity index is 2.47. The summed E-state index contributed by atoms with van der Waals surface area (Å²) in [6.45, 7) is 5.01. The molecular weight excluding hydrogens is 216 g/mol. The molecule has 0 aromatic heterocycles. The summed E-state index contributed by atoms with van der Waals surface area (Å²) in [4.78, 5) is 0. The highest BCUT2D eigenvalue weighted by molar-refractivity contribution is 5.32. The summed E-state index contributed by atoms with van der Waals surface area (Å²) in [6.07, 6.45) is 0.973. The first-order valence-corrected chi connectivity index (χ1v) is 6.03. The van der Waals surface area contributed by atoms with Crippen LogP contribution in [0.5, 0.6) is 11.5 Å². The van der Waals surface area contributed by atoms with Crippen molar-refractivity contribution in [3.8, 4) is 11.5 Å². The molecule has 1 atom stereocenters. The zero-order chi connectivity index (χ0) is 12.7. The Kier molecular flexibility index (Phi) is 5.84. The van der Waals surface area contributed by atoms with Crippen LogP contribution >= 0.6 is 0 Å². The van der Waals surface area contributed by atoms with Crippen molar-refractivity contribution < 1.29 is 14.6 Å². The molecule has 0 aliphatic heterocycles. The van der Waals surface area contributed by atoms with E-state index in [2.05, 4.69) is 13.8 Å². The van der Waals surface area contributed by atoms with Crippen LogP contribution in [-0.4, -0.2) is 25.4 Å². The third-order valence-electron chi connectivity index (χ3n) is 2.59. The van der Waals surface area contributed by atoms with Crippen LogP contribution in [0.25, 0.3) is 0 Å². The van der Waals surface area contributed by atoms with Crippen LogP contribution in [0.4, 0.5) is 0 Å². The van der Waals surface area contributed by atoms with Gasteiger partial charge >= 0.3 is 0 Å². The zero-order valence-corrected chi connectivity index (χ0v) is 10.8. The van der Waals surface area contributed by atoms with Gasteiger partial charge in [-0.1, -0.05) is 19.9 Å². The first kappa shape index (κ1) is 13.8.